The maximum Gasteiger partial charge on any atom is 0.235 e. The van der Waals surface area contributed by atoms with E-state index in [1.165, 1.54) is 12.1 Å². The van der Waals surface area contributed by atoms with E-state index in [0.29, 0.717) is 12.3 Å². The van der Waals surface area contributed by atoms with E-state index in [2.05, 4.69) is 10.5 Å². The van der Waals surface area contributed by atoms with E-state index in [1.54, 1.807) is 12.1 Å². The molecule has 0 bridgehead atoms. The Bertz CT molecular complexity index is 604. The van der Waals surface area contributed by atoms with Crippen molar-refractivity contribution in [3.63, 3.8) is 0 Å². The van der Waals surface area contributed by atoms with Crippen molar-refractivity contribution >= 4 is 11.8 Å². The third kappa shape index (κ3) is 1.68. The number of carbonyl (C=O) groups is 1. The third-order valence-electron chi connectivity index (χ3n) is 3.17. The number of halogens is 1. The van der Waals surface area contributed by atoms with Gasteiger partial charge in [-0.05, 0) is 24.6 Å². The molecule has 0 fully saturated rings. The Morgan fingerprint density at radius 3 is 2.83 bits per heavy atom. The molecule has 3 rings (SSSR count). The molecular formula is C13H11FN2O2. The zero-order chi connectivity index (χ0) is 12.7. The topological polar surface area (TPSA) is 55.1 Å². The van der Waals surface area contributed by atoms with Crippen molar-refractivity contribution in [1.29, 1.82) is 0 Å². The summed E-state index contributed by atoms with van der Waals surface area (Å²) in [4.78, 5) is 11.6. The number of aromatic nitrogens is 1. The molecular weight excluding hydrogens is 235 g/mol. The Morgan fingerprint density at radius 1 is 1.39 bits per heavy atom. The molecule has 0 spiro atoms. The van der Waals surface area contributed by atoms with Crippen LogP contribution in [0.25, 0.3) is 0 Å². The molecule has 0 radical (unpaired) electrons. The van der Waals surface area contributed by atoms with Gasteiger partial charge in [-0.25, -0.2) is 4.39 Å². The number of anilines is 1. The second-order valence-corrected chi connectivity index (χ2v) is 4.37. The molecule has 1 amide bonds. The van der Waals surface area contributed by atoms with Crippen LogP contribution in [0.15, 0.2) is 28.8 Å². The number of fused-ring (bicyclic) bond motifs is 1. The van der Waals surface area contributed by atoms with E-state index in [9.17, 15) is 9.18 Å². The molecule has 5 heteroatoms. The van der Waals surface area contributed by atoms with Crippen LogP contribution in [0.4, 0.5) is 10.3 Å². The third-order valence-corrected chi connectivity index (χ3v) is 3.17. The Balaban J connectivity index is 2.09. The van der Waals surface area contributed by atoms with Crippen LogP contribution in [-0.2, 0) is 4.79 Å². The van der Waals surface area contributed by atoms with Gasteiger partial charge >= 0.3 is 0 Å². The molecule has 2 heterocycles. The lowest BCUT2D eigenvalue weighted by Crippen LogP contribution is -2.22. The van der Waals surface area contributed by atoms with Gasteiger partial charge < -0.3 is 4.52 Å². The summed E-state index contributed by atoms with van der Waals surface area (Å²) < 4.78 is 18.0. The van der Waals surface area contributed by atoms with Crippen molar-refractivity contribution in [2.75, 3.05) is 5.32 Å². The fourth-order valence-electron chi connectivity index (χ4n) is 2.32. The minimum Gasteiger partial charge on any atom is -0.338 e. The van der Waals surface area contributed by atoms with Gasteiger partial charge in [0.2, 0.25) is 11.8 Å². The first-order valence-electron chi connectivity index (χ1n) is 5.66. The zero-order valence-electron chi connectivity index (χ0n) is 9.74. The van der Waals surface area contributed by atoms with Crippen LogP contribution >= 0.6 is 0 Å². The predicted molar refractivity (Wildman–Crippen MR) is 62.7 cm³/mol. The minimum absolute atomic E-state index is 0.118. The van der Waals surface area contributed by atoms with E-state index < -0.39 is 0 Å². The molecule has 0 saturated heterocycles. The number of nitrogens with zero attached hydrogens (tertiary/aromatic N) is 1. The van der Waals surface area contributed by atoms with E-state index in [-0.39, 0.29) is 17.6 Å². The second kappa shape index (κ2) is 3.94. The molecule has 92 valence electrons. The van der Waals surface area contributed by atoms with Gasteiger partial charge in [0.15, 0.2) is 0 Å². The Labute approximate surface area is 103 Å². The molecule has 1 aliphatic heterocycles. The van der Waals surface area contributed by atoms with Crippen molar-refractivity contribution in [2.24, 2.45) is 0 Å². The summed E-state index contributed by atoms with van der Waals surface area (Å²) in [6, 6.07) is 6.17. The Kier molecular flexibility index (Phi) is 2.40. The van der Waals surface area contributed by atoms with Crippen molar-refractivity contribution in [2.45, 2.75) is 19.3 Å². The Morgan fingerprint density at radius 2 is 2.11 bits per heavy atom. The lowest BCUT2D eigenvalue weighted by Gasteiger charge is -2.21. The van der Waals surface area contributed by atoms with Gasteiger partial charge in [0.25, 0.3) is 0 Å². The van der Waals surface area contributed by atoms with Crippen LogP contribution in [0.5, 0.6) is 0 Å². The highest BCUT2D eigenvalue weighted by molar-refractivity contribution is 5.93. The van der Waals surface area contributed by atoms with Crippen LogP contribution in [-0.4, -0.2) is 11.1 Å². The van der Waals surface area contributed by atoms with Gasteiger partial charge in [0, 0.05) is 17.9 Å². The first-order valence-corrected chi connectivity index (χ1v) is 5.66. The summed E-state index contributed by atoms with van der Waals surface area (Å²) in [7, 11) is 0. The van der Waals surface area contributed by atoms with Crippen LogP contribution in [0.3, 0.4) is 0 Å². The van der Waals surface area contributed by atoms with Crippen LogP contribution in [0.1, 0.15) is 29.2 Å². The smallest absolute Gasteiger partial charge is 0.235 e. The largest absolute Gasteiger partial charge is 0.338 e. The first-order chi connectivity index (χ1) is 8.65. The van der Waals surface area contributed by atoms with Gasteiger partial charge in [0.05, 0.1) is 5.69 Å². The van der Waals surface area contributed by atoms with Gasteiger partial charge in [-0.2, -0.15) is 0 Å². The second-order valence-electron chi connectivity index (χ2n) is 4.37. The molecule has 1 aromatic carbocycles. The van der Waals surface area contributed by atoms with E-state index in [0.717, 1.165) is 16.8 Å². The molecule has 18 heavy (non-hydrogen) atoms. The molecule has 1 N–H and O–H groups in total. The molecule has 1 aliphatic rings. The van der Waals surface area contributed by atoms with Crippen LogP contribution in [0.2, 0.25) is 0 Å². The molecule has 0 saturated carbocycles. The first kappa shape index (κ1) is 11.0. The van der Waals surface area contributed by atoms with Gasteiger partial charge in [-0.1, -0.05) is 17.3 Å². The summed E-state index contributed by atoms with van der Waals surface area (Å²) >= 11 is 0. The van der Waals surface area contributed by atoms with E-state index in [1.807, 2.05) is 6.92 Å². The summed E-state index contributed by atoms with van der Waals surface area (Å²) in [6.45, 7) is 1.83. The summed E-state index contributed by atoms with van der Waals surface area (Å²) in [5.74, 6) is -0.132. The maximum atomic E-state index is 12.9. The molecule has 2 aromatic rings. The van der Waals surface area contributed by atoms with Crippen molar-refractivity contribution in [3.8, 4) is 0 Å². The highest BCUT2D eigenvalue weighted by Crippen LogP contribution is 2.38. The van der Waals surface area contributed by atoms with Crippen LogP contribution in [0, 0.1) is 12.7 Å². The van der Waals surface area contributed by atoms with E-state index >= 15 is 0 Å². The summed E-state index contributed by atoms with van der Waals surface area (Å²) in [5.41, 5.74) is 2.51. The molecule has 4 nitrogen and oxygen atoms in total. The highest BCUT2D eigenvalue weighted by Gasteiger charge is 2.31. The van der Waals surface area contributed by atoms with Crippen molar-refractivity contribution < 1.29 is 13.7 Å². The fourth-order valence-corrected chi connectivity index (χ4v) is 2.32. The van der Waals surface area contributed by atoms with Crippen molar-refractivity contribution in [3.05, 3.63) is 46.9 Å². The fraction of sp³-hybridized carbons (Fsp3) is 0.231. The molecule has 0 aliphatic carbocycles. The number of rotatable bonds is 1. The standard InChI is InChI=1S/C13H11FN2O2/c1-7-12-10(8-2-4-9(14)5-3-8)6-11(17)15-13(12)18-16-7/h2-5,10H,6H2,1H3,(H,15,17). The number of carbonyl (C=O) groups excluding carboxylic acids is 1. The Hall–Kier alpha value is -2.17. The lowest BCUT2D eigenvalue weighted by atomic mass is 9.86. The minimum atomic E-state index is -0.290. The van der Waals surface area contributed by atoms with Gasteiger partial charge in [-0.15, -0.1) is 0 Å². The zero-order valence-corrected chi connectivity index (χ0v) is 9.74. The highest BCUT2D eigenvalue weighted by atomic mass is 19.1. The number of aryl methyl sites for hydroxylation is 1. The number of nitrogens with one attached hydrogen (secondary N) is 1. The number of hydrogen-bond acceptors (Lipinski definition) is 3. The maximum absolute atomic E-state index is 12.9. The molecule has 1 unspecified atom stereocenters. The summed E-state index contributed by atoms with van der Waals surface area (Å²) in [6.07, 6.45) is 0.320. The number of benzene rings is 1. The molecule has 1 aromatic heterocycles. The predicted octanol–water partition coefficient (Wildman–Crippen LogP) is 2.60. The number of amides is 1. The average molecular weight is 246 g/mol. The lowest BCUT2D eigenvalue weighted by molar-refractivity contribution is -0.116. The monoisotopic (exact) mass is 246 g/mol. The normalized spacial score (nSPS) is 18.3. The van der Waals surface area contributed by atoms with Gasteiger partial charge in [0.1, 0.15) is 5.82 Å². The SMILES string of the molecule is Cc1noc2c1C(c1ccc(F)cc1)CC(=O)N2. The quantitative estimate of drug-likeness (QED) is 0.841. The number of hydrogen-bond donors (Lipinski definition) is 1. The van der Waals surface area contributed by atoms with Crippen LogP contribution < -0.4 is 5.32 Å². The van der Waals surface area contributed by atoms with E-state index in [4.69, 9.17) is 4.52 Å². The van der Waals surface area contributed by atoms with Crippen molar-refractivity contribution in [1.82, 2.24) is 5.16 Å². The summed E-state index contributed by atoms with van der Waals surface area (Å²) in [5, 5.41) is 6.51. The average Bonchev–Trinajstić information content (AvgIpc) is 2.71. The van der Waals surface area contributed by atoms with Gasteiger partial charge in [-0.3, -0.25) is 10.1 Å². The molecule has 1 atom stereocenters.